The number of carbonyl (C=O) groups is 1. The van der Waals surface area contributed by atoms with Gasteiger partial charge in [-0.2, -0.15) is 0 Å². The lowest BCUT2D eigenvalue weighted by Crippen LogP contribution is -2.16. The van der Waals surface area contributed by atoms with E-state index in [4.69, 9.17) is 5.73 Å². The second-order valence-corrected chi connectivity index (χ2v) is 3.50. The number of anilines is 2. The summed E-state index contributed by atoms with van der Waals surface area (Å²) in [5, 5.41) is 2.37. The van der Waals surface area contributed by atoms with Crippen LogP contribution in [0.15, 0.2) is 18.2 Å². The highest BCUT2D eigenvalue weighted by atomic mass is 19.3. The van der Waals surface area contributed by atoms with E-state index in [1.54, 1.807) is 0 Å². The van der Waals surface area contributed by atoms with Crippen LogP contribution in [0.5, 0.6) is 0 Å². The van der Waals surface area contributed by atoms with Gasteiger partial charge in [-0.3, -0.25) is 4.79 Å². The molecule has 100 valence electrons. The van der Waals surface area contributed by atoms with Crippen molar-refractivity contribution in [3.8, 4) is 0 Å². The molecule has 0 saturated heterocycles. The highest BCUT2D eigenvalue weighted by Crippen LogP contribution is 2.19. The van der Waals surface area contributed by atoms with Crippen LogP contribution in [0.25, 0.3) is 0 Å². The van der Waals surface area contributed by atoms with Crippen LogP contribution < -0.4 is 11.1 Å². The fraction of sp³-hybridized carbons (Fsp3) is 0.364. The number of amides is 1. The van der Waals surface area contributed by atoms with Crippen molar-refractivity contribution in [3.63, 3.8) is 0 Å². The van der Waals surface area contributed by atoms with Crippen molar-refractivity contribution in [2.75, 3.05) is 24.3 Å². The summed E-state index contributed by atoms with van der Waals surface area (Å²) < 4.78 is 40.9. The number of ether oxygens (including phenoxy) is 1. The van der Waals surface area contributed by atoms with E-state index in [0.29, 0.717) is 0 Å². The summed E-state index contributed by atoms with van der Waals surface area (Å²) >= 11 is 0. The number of hydrogen-bond donors (Lipinski definition) is 2. The first-order chi connectivity index (χ1) is 8.49. The lowest BCUT2D eigenvalue weighted by Gasteiger charge is -2.08. The molecule has 0 heterocycles. The SMILES string of the molecule is Nc1ccc(F)cc1NC(=O)CCOCC(F)F. The first kappa shape index (κ1) is 14.3. The molecule has 0 radical (unpaired) electrons. The Morgan fingerprint density at radius 2 is 2.17 bits per heavy atom. The second kappa shape index (κ2) is 6.85. The molecule has 1 aromatic rings. The third-order valence-corrected chi connectivity index (χ3v) is 2.01. The summed E-state index contributed by atoms with van der Waals surface area (Å²) in [6, 6.07) is 3.56. The zero-order chi connectivity index (χ0) is 13.5. The smallest absolute Gasteiger partial charge is 0.261 e. The molecule has 3 N–H and O–H groups in total. The molecule has 0 aliphatic carbocycles. The Bertz CT molecular complexity index is 413. The van der Waals surface area contributed by atoms with E-state index < -0.39 is 24.8 Å². The number of alkyl halides is 2. The Morgan fingerprint density at radius 1 is 1.44 bits per heavy atom. The van der Waals surface area contributed by atoms with Crippen LogP contribution >= 0.6 is 0 Å². The number of hydrogen-bond acceptors (Lipinski definition) is 3. The van der Waals surface area contributed by atoms with Crippen molar-refractivity contribution in [2.24, 2.45) is 0 Å². The van der Waals surface area contributed by atoms with Gasteiger partial charge in [-0.25, -0.2) is 13.2 Å². The molecule has 18 heavy (non-hydrogen) atoms. The number of carbonyl (C=O) groups excluding carboxylic acids is 1. The number of nitrogens with one attached hydrogen (secondary N) is 1. The summed E-state index contributed by atoms with van der Waals surface area (Å²) in [5.74, 6) is -1.02. The maximum absolute atomic E-state index is 12.9. The molecule has 0 saturated carbocycles. The molecule has 0 atom stereocenters. The fourth-order valence-electron chi connectivity index (χ4n) is 1.19. The molecule has 0 aromatic heterocycles. The highest BCUT2D eigenvalue weighted by Gasteiger charge is 2.07. The Balaban J connectivity index is 2.38. The van der Waals surface area contributed by atoms with Crippen molar-refractivity contribution in [3.05, 3.63) is 24.0 Å². The van der Waals surface area contributed by atoms with Gasteiger partial charge in [0, 0.05) is 0 Å². The van der Waals surface area contributed by atoms with Crippen molar-refractivity contribution in [1.82, 2.24) is 0 Å². The van der Waals surface area contributed by atoms with Crippen LogP contribution in [0.2, 0.25) is 0 Å². The van der Waals surface area contributed by atoms with Gasteiger partial charge < -0.3 is 15.8 Å². The monoisotopic (exact) mass is 262 g/mol. The van der Waals surface area contributed by atoms with Crippen LogP contribution in [0.4, 0.5) is 24.5 Å². The number of halogens is 3. The molecule has 0 spiro atoms. The van der Waals surface area contributed by atoms with E-state index in [9.17, 15) is 18.0 Å². The molecule has 0 unspecified atom stereocenters. The molecule has 0 bridgehead atoms. The van der Waals surface area contributed by atoms with Crippen LogP contribution in [0.1, 0.15) is 6.42 Å². The van der Waals surface area contributed by atoms with E-state index in [2.05, 4.69) is 10.1 Å². The molecule has 7 heteroatoms. The number of benzene rings is 1. The highest BCUT2D eigenvalue weighted by molar-refractivity contribution is 5.93. The normalized spacial score (nSPS) is 10.7. The van der Waals surface area contributed by atoms with E-state index >= 15 is 0 Å². The lowest BCUT2D eigenvalue weighted by atomic mass is 10.2. The molecule has 1 amide bonds. The van der Waals surface area contributed by atoms with Crippen molar-refractivity contribution in [2.45, 2.75) is 12.8 Å². The number of rotatable bonds is 6. The minimum Gasteiger partial charge on any atom is -0.397 e. The van der Waals surface area contributed by atoms with Gasteiger partial charge in [0.25, 0.3) is 6.43 Å². The summed E-state index contributed by atoms with van der Waals surface area (Å²) in [4.78, 5) is 11.4. The zero-order valence-electron chi connectivity index (χ0n) is 9.46. The van der Waals surface area contributed by atoms with Gasteiger partial charge in [0.2, 0.25) is 5.91 Å². The van der Waals surface area contributed by atoms with Gasteiger partial charge >= 0.3 is 0 Å². The molecule has 1 aromatic carbocycles. The lowest BCUT2D eigenvalue weighted by molar-refractivity contribution is -0.117. The standard InChI is InChI=1S/C11H13F3N2O2/c12-7-1-2-8(15)9(5-7)16-11(17)3-4-18-6-10(13)14/h1-2,5,10H,3-4,6,15H2,(H,16,17). The summed E-state index contributed by atoms with van der Waals surface area (Å²) in [5.41, 5.74) is 5.89. The van der Waals surface area contributed by atoms with Gasteiger partial charge in [0.05, 0.1) is 24.4 Å². The van der Waals surface area contributed by atoms with E-state index in [1.807, 2.05) is 0 Å². The topological polar surface area (TPSA) is 64.3 Å². The Labute approximate surface area is 102 Å². The first-order valence-electron chi connectivity index (χ1n) is 5.20. The molecular weight excluding hydrogens is 249 g/mol. The van der Waals surface area contributed by atoms with Gasteiger partial charge in [0.15, 0.2) is 0 Å². The second-order valence-electron chi connectivity index (χ2n) is 3.50. The average molecular weight is 262 g/mol. The number of nitrogens with two attached hydrogens (primary N) is 1. The third kappa shape index (κ3) is 5.05. The van der Waals surface area contributed by atoms with Crippen molar-refractivity contribution >= 4 is 17.3 Å². The Kier molecular flexibility index (Phi) is 5.44. The molecule has 0 aliphatic rings. The molecular formula is C11H13F3N2O2. The summed E-state index contributed by atoms with van der Waals surface area (Å²) in [6.07, 6.45) is -2.67. The largest absolute Gasteiger partial charge is 0.397 e. The van der Waals surface area contributed by atoms with Crippen LogP contribution in [0.3, 0.4) is 0 Å². The Hall–Kier alpha value is -1.76. The van der Waals surface area contributed by atoms with Gasteiger partial charge in [-0.1, -0.05) is 0 Å². The van der Waals surface area contributed by atoms with Gasteiger partial charge in [-0.15, -0.1) is 0 Å². The van der Waals surface area contributed by atoms with Gasteiger partial charge in [-0.05, 0) is 18.2 Å². The van der Waals surface area contributed by atoms with E-state index in [1.165, 1.54) is 6.07 Å². The molecule has 0 fully saturated rings. The average Bonchev–Trinajstić information content (AvgIpc) is 2.29. The van der Waals surface area contributed by atoms with Gasteiger partial charge in [0.1, 0.15) is 12.4 Å². The number of nitrogen functional groups attached to an aromatic ring is 1. The summed E-state index contributed by atoms with van der Waals surface area (Å²) in [7, 11) is 0. The van der Waals surface area contributed by atoms with Crippen molar-refractivity contribution < 1.29 is 22.7 Å². The summed E-state index contributed by atoms with van der Waals surface area (Å²) in [6.45, 7) is -0.846. The quantitative estimate of drug-likeness (QED) is 0.609. The minimum atomic E-state index is -2.56. The first-order valence-corrected chi connectivity index (χ1v) is 5.20. The van der Waals surface area contributed by atoms with Crippen LogP contribution in [0, 0.1) is 5.82 Å². The van der Waals surface area contributed by atoms with E-state index in [0.717, 1.165) is 12.1 Å². The van der Waals surface area contributed by atoms with Crippen molar-refractivity contribution in [1.29, 1.82) is 0 Å². The maximum atomic E-state index is 12.9. The predicted octanol–water partition coefficient (Wildman–Crippen LogP) is 2.02. The molecule has 0 aliphatic heterocycles. The van der Waals surface area contributed by atoms with Crippen LogP contribution in [-0.4, -0.2) is 25.5 Å². The fourth-order valence-corrected chi connectivity index (χ4v) is 1.19. The maximum Gasteiger partial charge on any atom is 0.261 e. The minimum absolute atomic E-state index is 0.108. The molecule has 1 rings (SSSR count). The predicted molar refractivity (Wildman–Crippen MR) is 60.9 cm³/mol. The van der Waals surface area contributed by atoms with Crippen LogP contribution in [-0.2, 0) is 9.53 Å². The third-order valence-electron chi connectivity index (χ3n) is 2.01. The van der Waals surface area contributed by atoms with E-state index in [-0.39, 0.29) is 24.4 Å². The molecule has 4 nitrogen and oxygen atoms in total. The zero-order valence-corrected chi connectivity index (χ0v) is 9.46. The Morgan fingerprint density at radius 3 is 2.83 bits per heavy atom.